The average Bonchev–Trinajstić information content (AvgIpc) is 3.16. The number of hydrogen-bond acceptors (Lipinski definition) is 4. The zero-order valence-electron chi connectivity index (χ0n) is 15.0. The number of rotatable bonds is 6. The molecule has 7 heteroatoms. The minimum atomic E-state index is -0.152. The highest BCUT2D eigenvalue weighted by atomic mass is 35.5. The summed E-state index contributed by atoms with van der Waals surface area (Å²) in [7, 11) is 2.15. The lowest BCUT2D eigenvalue weighted by Gasteiger charge is -2.37. The van der Waals surface area contributed by atoms with Crippen LogP contribution in [0.2, 0.25) is 5.02 Å². The SMILES string of the molecule is CN1CCN(C(CNC(=O)NCc2cccc(Cl)c2)c2cccs2)CC1. The third-order valence-corrected chi connectivity index (χ3v) is 5.86. The van der Waals surface area contributed by atoms with Crippen molar-refractivity contribution in [3.05, 3.63) is 57.2 Å². The second-order valence-electron chi connectivity index (χ2n) is 6.56. The zero-order chi connectivity index (χ0) is 18.4. The number of hydrogen-bond donors (Lipinski definition) is 2. The molecule has 1 aliphatic rings. The molecule has 1 aliphatic heterocycles. The van der Waals surface area contributed by atoms with Crippen LogP contribution in [0.5, 0.6) is 0 Å². The molecule has 0 bridgehead atoms. The Balaban J connectivity index is 1.53. The molecule has 2 amide bonds. The van der Waals surface area contributed by atoms with Crippen molar-refractivity contribution in [2.24, 2.45) is 0 Å². The van der Waals surface area contributed by atoms with E-state index in [2.05, 4.69) is 45.0 Å². The van der Waals surface area contributed by atoms with Crippen molar-refractivity contribution in [2.45, 2.75) is 12.6 Å². The summed E-state index contributed by atoms with van der Waals surface area (Å²) in [5.41, 5.74) is 0.988. The summed E-state index contributed by atoms with van der Waals surface area (Å²) in [6, 6.07) is 11.8. The molecule has 0 radical (unpaired) electrons. The zero-order valence-corrected chi connectivity index (χ0v) is 16.5. The van der Waals surface area contributed by atoms with Gasteiger partial charge in [0.15, 0.2) is 0 Å². The van der Waals surface area contributed by atoms with Crippen molar-refractivity contribution in [2.75, 3.05) is 39.8 Å². The van der Waals surface area contributed by atoms with Gasteiger partial charge in [-0.3, -0.25) is 4.90 Å². The number of urea groups is 1. The fourth-order valence-electron chi connectivity index (χ4n) is 3.11. The number of carbonyl (C=O) groups is 1. The number of piperazine rings is 1. The van der Waals surface area contributed by atoms with Crippen LogP contribution in [-0.2, 0) is 6.54 Å². The summed E-state index contributed by atoms with van der Waals surface area (Å²) < 4.78 is 0. The van der Waals surface area contributed by atoms with Crippen molar-refractivity contribution < 1.29 is 4.79 Å². The topological polar surface area (TPSA) is 47.6 Å². The first kappa shape index (κ1) is 19.2. The van der Waals surface area contributed by atoms with Gasteiger partial charge in [0.2, 0.25) is 0 Å². The number of amides is 2. The van der Waals surface area contributed by atoms with Gasteiger partial charge >= 0.3 is 6.03 Å². The number of carbonyl (C=O) groups excluding carboxylic acids is 1. The highest BCUT2D eigenvalue weighted by Gasteiger charge is 2.25. The van der Waals surface area contributed by atoms with Gasteiger partial charge in [0.05, 0.1) is 6.04 Å². The van der Waals surface area contributed by atoms with Crippen LogP contribution in [0.1, 0.15) is 16.5 Å². The number of nitrogens with one attached hydrogen (secondary N) is 2. The summed E-state index contributed by atoms with van der Waals surface area (Å²) >= 11 is 7.73. The smallest absolute Gasteiger partial charge is 0.315 e. The normalized spacial score (nSPS) is 17.0. The molecule has 1 aromatic heterocycles. The molecule has 0 aliphatic carbocycles. The van der Waals surface area contributed by atoms with Crippen LogP contribution in [0.3, 0.4) is 0 Å². The van der Waals surface area contributed by atoms with Gasteiger partial charge in [-0.1, -0.05) is 29.8 Å². The lowest BCUT2D eigenvalue weighted by molar-refractivity contribution is 0.112. The third kappa shape index (κ3) is 5.45. The van der Waals surface area contributed by atoms with E-state index < -0.39 is 0 Å². The maximum absolute atomic E-state index is 12.2. The predicted octanol–water partition coefficient (Wildman–Crippen LogP) is 3.19. The van der Waals surface area contributed by atoms with Crippen LogP contribution >= 0.6 is 22.9 Å². The van der Waals surface area contributed by atoms with Crippen LogP contribution in [0.4, 0.5) is 4.79 Å². The number of thiophene rings is 1. The number of benzene rings is 1. The summed E-state index contributed by atoms with van der Waals surface area (Å²) in [6.07, 6.45) is 0. The van der Waals surface area contributed by atoms with Crippen molar-refractivity contribution >= 4 is 29.0 Å². The molecule has 1 aromatic carbocycles. The second-order valence-corrected chi connectivity index (χ2v) is 7.98. The molecule has 1 saturated heterocycles. The first-order valence-electron chi connectivity index (χ1n) is 8.84. The van der Waals surface area contributed by atoms with Gasteiger partial charge in [0.1, 0.15) is 0 Å². The van der Waals surface area contributed by atoms with Gasteiger partial charge in [-0.2, -0.15) is 0 Å². The van der Waals surface area contributed by atoms with Crippen molar-refractivity contribution in [3.63, 3.8) is 0 Å². The number of nitrogens with zero attached hydrogens (tertiary/aromatic N) is 2. The molecule has 1 fully saturated rings. The minimum Gasteiger partial charge on any atom is -0.336 e. The molecule has 26 heavy (non-hydrogen) atoms. The van der Waals surface area contributed by atoms with E-state index in [0.717, 1.165) is 31.7 Å². The Morgan fingerprint density at radius 3 is 2.69 bits per heavy atom. The van der Waals surface area contributed by atoms with E-state index >= 15 is 0 Å². The molecule has 5 nitrogen and oxygen atoms in total. The van der Waals surface area contributed by atoms with Crippen molar-refractivity contribution in [3.8, 4) is 0 Å². The fourth-order valence-corrected chi connectivity index (χ4v) is 4.18. The predicted molar refractivity (Wildman–Crippen MR) is 108 cm³/mol. The Morgan fingerprint density at radius 2 is 2.00 bits per heavy atom. The van der Waals surface area contributed by atoms with Gasteiger partial charge in [-0.15, -0.1) is 11.3 Å². The first-order valence-corrected chi connectivity index (χ1v) is 10.1. The minimum absolute atomic E-state index is 0.152. The van der Waals surface area contributed by atoms with E-state index in [1.807, 2.05) is 24.3 Å². The summed E-state index contributed by atoms with van der Waals surface area (Å²) in [5.74, 6) is 0. The van der Waals surface area contributed by atoms with Crippen molar-refractivity contribution in [1.82, 2.24) is 20.4 Å². The van der Waals surface area contributed by atoms with Crippen LogP contribution in [0, 0.1) is 0 Å². The molecular formula is C19H25ClN4OS. The first-order chi connectivity index (χ1) is 12.6. The van der Waals surface area contributed by atoms with Gasteiger partial charge in [0, 0.05) is 49.2 Å². The van der Waals surface area contributed by atoms with Crippen LogP contribution in [0.15, 0.2) is 41.8 Å². The molecule has 1 unspecified atom stereocenters. The number of halogens is 1. The molecule has 1 atom stereocenters. The fraction of sp³-hybridized carbons (Fsp3) is 0.421. The van der Waals surface area contributed by atoms with E-state index in [-0.39, 0.29) is 12.1 Å². The van der Waals surface area contributed by atoms with E-state index in [4.69, 9.17) is 11.6 Å². The maximum Gasteiger partial charge on any atom is 0.315 e. The van der Waals surface area contributed by atoms with Crippen LogP contribution in [-0.4, -0.2) is 55.6 Å². The molecule has 2 heterocycles. The Kier molecular flexibility index (Phi) is 6.91. The van der Waals surface area contributed by atoms with Gasteiger partial charge < -0.3 is 15.5 Å². The molecular weight excluding hydrogens is 368 g/mol. The summed E-state index contributed by atoms with van der Waals surface area (Å²) in [6.45, 7) is 5.22. The van der Waals surface area contributed by atoms with E-state index in [1.54, 1.807) is 11.3 Å². The Morgan fingerprint density at radius 1 is 1.19 bits per heavy atom. The third-order valence-electron chi connectivity index (χ3n) is 4.65. The van der Waals surface area contributed by atoms with Crippen molar-refractivity contribution in [1.29, 1.82) is 0 Å². The second kappa shape index (κ2) is 9.37. The highest BCUT2D eigenvalue weighted by Crippen LogP contribution is 2.25. The molecule has 140 valence electrons. The Hall–Kier alpha value is -1.60. The largest absolute Gasteiger partial charge is 0.336 e. The summed E-state index contributed by atoms with van der Waals surface area (Å²) in [5, 5.41) is 8.71. The molecule has 2 aromatic rings. The van der Waals surface area contributed by atoms with Gasteiger partial charge in [-0.05, 0) is 36.2 Å². The van der Waals surface area contributed by atoms with E-state index in [0.29, 0.717) is 18.1 Å². The van der Waals surface area contributed by atoms with E-state index in [1.165, 1.54) is 4.88 Å². The Labute approximate surface area is 163 Å². The standard InChI is InChI=1S/C19H25ClN4OS/c1-23-7-9-24(10-8-23)17(18-6-3-11-26-18)14-22-19(25)21-13-15-4-2-5-16(20)12-15/h2-6,11-12,17H,7-10,13-14H2,1H3,(H2,21,22,25). The monoisotopic (exact) mass is 392 g/mol. The molecule has 2 N–H and O–H groups in total. The van der Waals surface area contributed by atoms with Crippen LogP contribution in [0.25, 0.3) is 0 Å². The van der Waals surface area contributed by atoms with Gasteiger partial charge in [0.25, 0.3) is 0 Å². The molecule has 0 saturated carbocycles. The lowest BCUT2D eigenvalue weighted by Crippen LogP contribution is -2.49. The highest BCUT2D eigenvalue weighted by molar-refractivity contribution is 7.10. The van der Waals surface area contributed by atoms with E-state index in [9.17, 15) is 4.79 Å². The lowest BCUT2D eigenvalue weighted by atomic mass is 10.1. The molecule has 0 spiro atoms. The Bertz CT molecular complexity index is 701. The average molecular weight is 393 g/mol. The summed E-state index contributed by atoms with van der Waals surface area (Å²) in [4.78, 5) is 18.3. The van der Waals surface area contributed by atoms with Crippen LogP contribution < -0.4 is 10.6 Å². The number of likely N-dealkylation sites (N-methyl/N-ethyl adjacent to an activating group) is 1. The van der Waals surface area contributed by atoms with Gasteiger partial charge in [-0.25, -0.2) is 4.79 Å². The molecule has 3 rings (SSSR count). The maximum atomic E-state index is 12.2. The quantitative estimate of drug-likeness (QED) is 0.793.